The van der Waals surface area contributed by atoms with Gasteiger partial charge in [0.2, 0.25) is 0 Å². The lowest BCUT2D eigenvalue weighted by Crippen LogP contribution is -2.26. The lowest BCUT2D eigenvalue weighted by molar-refractivity contribution is 0.0953. The maximum atomic E-state index is 12.4. The van der Waals surface area contributed by atoms with Gasteiger partial charge in [-0.05, 0) is 63.3 Å². The summed E-state index contributed by atoms with van der Waals surface area (Å²) in [5, 5.41) is 5.80. The van der Waals surface area contributed by atoms with Crippen LogP contribution < -0.4 is 15.4 Å². The molecule has 134 valence electrons. The van der Waals surface area contributed by atoms with Gasteiger partial charge in [-0.3, -0.25) is 9.52 Å². The van der Waals surface area contributed by atoms with E-state index in [4.69, 9.17) is 0 Å². The molecular weight excluding hydrogens is 338 g/mol. The van der Waals surface area contributed by atoms with Crippen molar-refractivity contribution in [2.24, 2.45) is 0 Å². The molecule has 0 spiro atoms. The third kappa shape index (κ3) is 5.58. The van der Waals surface area contributed by atoms with Gasteiger partial charge >= 0.3 is 0 Å². The van der Waals surface area contributed by atoms with Gasteiger partial charge in [0.1, 0.15) is 0 Å². The average Bonchev–Trinajstić information content (AvgIpc) is 2.60. The first-order valence-electron chi connectivity index (χ1n) is 8.05. The molecule has 0 saturated heterocycles. The van der Waals surface area contributed by atoms with E-state index in [1.807, 2.05) is 26.1 Å². The second-order valence-corrected chi connectivity index (χ2v) is 7.39. The Balaban J connectivity index is 2.02. The highest BCUT2D eigenvalue weighted by atomic mass is 32.2. The summed E-state index contributed by atoms with van der Waals surface area (Å²) in [5.74, 6) is -0.216. The second-order valence-electron chi connectivity index (χ2n) is 5.71. The van der Waals surface area contributed by atoms with Gasteiger partial charge in [0, 0.05) is 17.8 Å². The first-order valence-corrected chi connectivity index (χ1v) is 9.53. The van der Waals surface area contributed by atoms with Crippen molar-refractivity contribution in [3.8, 4) is 0 Å². The SMILES string of the molecule is CNCCCNC(=O)c1ccc(S(=O)(=O)Nc2ccc(C)cc2)cc1. The van der Waals surface area contributed by atoms with Crippen LogP contribution in [0.4, 0.5) is 5.69 Å². The number of anilines is 1. The number of hydrogen-bond acceptors (Lipinski definition) is 4. The normalized spacial score (nSPS) is 11.1. The van der Waals surface area contributed by atoms with Crippen molar-refractivity contribution in [2.45, 2.75) is 18.2 Å². The van der Waals surface area contributed by atoms with Crippen LogP contribution in [-0.2, 0) is 10.0 Å². The number of sulfonamides is 1. The summed E-state index contributed by atoms with van der Waals surface area (Å²) in [7, 11) is -1.83. The molecule has 0 fully saturated rings. The zero-order valence-electron chi connectivity index (χ0n) is 14.4. The van der Waals surface area contributed by atoms with Gasteiger partial charge in [-0.2, -0.15) is 0 Å². The molecule has 7 heteroatoms. The van der Waals surface area contributed by atoms with Gasteiger partial charge in [0.05, 0.1) is 4.90 Å². The molecule has 0 bridgehead atoms. The summed E-state index contributed by atoms with van der Waals surface area (Å²) in [6.07, 6.45) is 0.829. The van der Waals surface area contributed by atoms with Crippen LogP contribution in [0.5, 0.6) is 0 Å². The van der Waals surface area contributed by atoms with Crippen LogP contribution in [0.25, 0.3) is 0 Å². The molecule has 25 heavy (non-hydrogen) atoms. The zero-order valence-corrected chi connectivity index (χ0v) is 15.2. The standard InChI is InChI=1S/C18H23N3O3S/c1-14-4-8-16(9-5-14)21-25(23,24)17-10-6-15(7-11-17)18(22)20-13-3-12-19-2/h4-11,19,21H,3,12-13H2,1-2H3,(H,20,22). The van der Waals surface area contributed by atoms with Crippen LogP contribution in [0.15, 0.2) is 53.4 Å². The predicted molar refractivity (Wildman–Crippen MR) is 99.3 cm³/mol. The minimum absolute atomic E-state index is 0.111. The molecule has 0 radical (unpaired) electrons. The summed E-state index contributed by atoms with van der Waals surface area (Å²) < 4.78 is 27.3. The van der Waals surface area contributed by atoms with E-state index in [9.17, 15) is 13.2 Å². The number of benzene rings is 2. The second kappa shape index (κ2) is 8.64. The Bertz CT molecular complexity index is 800. The van der Waals surface area contributed by atoms with Crippen molar-refractivity contribution in [1.29, 1.82) is 0 Å². The van der Waals surface area contributed by atoms with E-state index in [0.717, 1.165) is 18.5 Å². The van der Waals surface area contributed by atoms with Crippen LogP contribution in [0.2, 0.25) is 0 Å². The molecule has 0 heterocycles. The smallest absolute Gasteiger partial charge is 0.261 e. The van der Waals surface area contributed by atoms with Crippen LogP contribution in [-0.4, -0.2) is 34.5 Å². The van der Waals surface area contributed by atoms with E-state index >= 15 is 0 Å². The molecule has 6 nitrogen and oxygen atoms in total. The van der Waals surface area contributed by atoms with E-state index in [-0.39, 0.29) is 10.8 Å². The Morgan fingerprint density at radius 3 is 2.20 bits per heavy atom. The van der Waals surface area contributed by atoms with Crippen molar-refractivity contribution < 1.29 is 13.2 Å². The Morgan fingerprint density at radius 1 is 0.960 bits per heavy atom. The number of amides is 1. The maximum Gasteiger partial charge on any atom is 0.261 e. The fourth-order valence-electron chi connectivity index (χ4n) is 2.19. The van der Waals surface area contributed by atoms with Crippen LogP contribution >= 0.6 is 0 Å². The predicted octanol–water partition coefficient (Wildman–Crippen LogP) is 2.14. The van der Waals surface area contributed by atoms with Gasteiger partial charge in [-0.1, -0.05) is 17.7 Å². The van der Waals surface area contributed by atoms with Crippen LogP contribution in [0.1, 0.15) is 22.3 Å². The molecular formula is C18H23N3O3S. The molecule has 3 N–H and O–H groups in total. The lowest BCUT2D eigenvalue weighted by Gasteiger charge is -2.09. The highest BCUT2D eigenvalue weighted by Crippen LogP contribution is 2.17. The molecule has 0 aliphatic heterocycles. The van der Waals surface area contributed by atoms with Gasteiger partial charge in [-0.15, -0.1) is 0 Å². The summed E-state index contributed by atoms with van der Waals surface area (Å²) in [6.45, 7) is 3.32. The summed E-state index contributed by atoms with van der Waals surface area (Å²) >= 11 is 0. The monoisotopic (exact) mass is 361 g/mol. The molecule has 0 aromatic heterocycles. The molecule has 0 aliphatic carbocycles. The summed E-state index contributed by atoms with van der Waals surface area (Å²) in [6, 6.07) is 13.0. The molecule has 2 aromatic carbocycles. The van der Waals surface area contributed by atoms with Crippen molar-refractivity contribution >= 4 is 21.6 Å². The van der Waals surface area contributed by atoms with Crippen molar-refractivity contribution in [3.05, 3.63) is 59.7 Å². The minimum atomic E-state index is -3.68. The molecule has 0 atom stereocenters. The van der Waals surface area contributed by atoms with Crippen LogP contribution in [0.3, 0.4) is 0 Å². The van der Waals surface area contributed by atoms with E-state index in [1.54, 1.807) is 12.1 Å². The lowest BCUT2D eigenvalue weighted by atomic mass is 10.2. The van der Waals surface area contributed by atoms with E-state index in [2.05, 4.69) is 15.4 Å². The summed E-state index contributed by atoms with van der Waals surface area (Å²) in [5.41, 5.74) is 1.98. The van der Waals surface area contributed by atoms with E-state index < -0.39 is 10.0 Å². The molecule has 0 aliphatic rings. The number of hydrogen-bond donors (Lipinski definition) is 3. The zero-order chi connectivity index (χ0) is 18.3. The first kappa shape index (κ1) is 19.0. The van der Waals surface area contributed by atoms with Gasteiger partial charge in [0.15, 0.2) is 0 Å². The van der Waals surface area contributed by atoms with Gasteiger partial charge in [0.25, 0.3) is 15.9 Å². The minimum Gasteiger partial charge on any atom is -0.352 e. The molecule has 0 saturated carbocycles. The molecule has 2 aromatic rings. The Kier molecular flexibility index (Phi) is 6.55. The number of nitrogens with one attached hydrogen (secondary N) is 3. The average molecular weight is 361 g/mol. The topological polar surface area (TPSA) is 87.3 Å². The highest BCUT2D eigenvalue weighted by molar-refractivity contribution is 7.92. The number of aryl methyl sites for hydroxylation is 1. The van der Waals surface area contributed by atoms with Crippen molar-refractivity contribution in [2.75, 3.05) is 24.9 Å². The molecule has 0 unspecified atom stereocenters. The van der Waals surface area contributed by atoms with Crippen molar-refractivity contribution in [3.63, 3.8) is 0 Å². The van der Waals surface area contributed by atoms with Crippen molar-refractivity contribution in [1.82, 2.24) is 10.6 Å². The van der Waals surface area contributed by atoms with Gasteiger partial charge in [-0.25, -0.2) is 8.42 Å². The summed E-state index contributed by atoms with van der Waals surface area (Å²) in [4.78, 5) is 12.1. The number of rotatable bonds is 8. The fourth-order valence-corrected chi connectivity index (χ4v) is 3.25. The maximum absolute atomic E-state index is 12.4. The van der Waals surface area contributed by atoms with Crippen LogP contribution in [0, 0.1) is 6.92 Å². The first-order chi connectivity index (χ1) is 11.9. The molecule has 2 rings (SSSR count). The largest absolute Gasteiger partial charge is 0.352 e. The third-order valence-electron chi connectivity index (χ3n) is 3.62. The fraction of sp³-hybridized carbons (Fsp3) is 0.278. The van der Waals surface area contributed by atoms with Gasteiger partial charge < -0.3 is 10.6 Å². The Labute approximate surface area is 148 Å². The molecule has 1 amide bonds. The number of carbonyl (C=O) groups is 1. The Morgan fingerprint density at radius 2 is 1.60 bits per heavy atom. The van der Waals surface area contributed by atoms with E-state index in [0.29, 0.717) is 17.8 Å². The Hall–Kier alpha value is -2.38. The number of carbonyl (C=O) groups excluding carboxylic acids is 1. The quantitative estimate of drug-likeness (QED) is 0.629. The van der Waals surface area contributed by atoms with E-state index in [1.165, 1.54) is 24.3 Å². The highest BCUT2D eigenvalue weighted by Gasteiger charge is 2.15. The third-order valence-corrected chi connectivity index (χ3v) is 5.02.